The quantitative estimate of drug-likeness (QED) is 0.725. The van der Waals surface area contributed by atoms with Gasteiger partial charge < -0.3 is 18.9 Å². The molecule has 4 nitrogen and oxygen atoms in total. The smallest absolute Gasteiger partial charge is 0.248 e. The van der Waals surface area contributed by atoms with Gasteiger partial charge in [0.1, 0.15) is 0 Å². The zero-order valence-corrected chi connectivity index (χ0v) is 13.7. The summed E-state index contributed by atoms with van der Waals surface area (Å²) in [5.74, 6) is -2.19. The highest BCUT2D eigenvalue weighted by atomic mass is 16.8. The molecule has 4 heteroatoms. The lowest BCUT2D eigenvalue weighted by molar-refractivity contribution is -0.345. The van der Waals surface area contributed by atoms with Crippen LogP contribution in [0.3, 0.4) is 0 Å². The average Bonchev–Trinajstić information content (AvgIpc) is 2.60. The van der Waals surface area contributed by atoms with Crippen LogP contribution in [0.15, 0.2) is 54.1 Å². The maximum atomic E-state index is 5.61. The average molecular weight is 304 g/mol. The number of aryl methyl sites for hydroxylation is 1. The Balaban J connectivity index is 2.20. The van der Waals surface area contributed by atoms with E-state index in [1.54, 1.807) is 28.4 Å². The molecule has 0 radical (unpaired) electrons. The first kappa shape index (κ1) is 16.9. The Hall–Kier alpha value is -1.46. The molecule has 2 rings (SSSR count). The molecule has 0 N–H and O–H groups in total. The summed E-state index contributed by atoms with van der Waals surface area (Å²) >= 11 is 0. The van der Waals surface area contributed by atoms with Gasteiger partial charge in [-0.05, 0) is 36.1 Å². The second-order valence-electron chi connectivity index (χ2n) is 5.19. The normalized spacial score (nSPS) is 19.0. The maximum Gasteiger partial charge on any atom is 0.248 e. The molecule has 0 amide bonds. The Morgan fingerprint density at radius 2 is 1.36 bits per heavy atom. The summed E-state index contributed by atoms with van der Waals surface area (Å²) in [5, 5.41) is 0. The molecule has 0 aromatic heterocycles. The predicted molar refractivity (Wildman–Crippen MR) is 85.5 cm³/mol. The molecular weight excluding hydrogens is 280 g/mol. The lowest BCUT2D eigenvalue weighted by atomic mass is 9.91. The number of allylic oxidation sites excluding steroid dienone is 2. The molecule has 1 aliphatic rings. The highest BCUT2D eigenvalue weighted by Gasteiger charge is 2.53. The van der Waals surface area contributed by atoms with E-state index in [-0.39, 0.29) is 0 Å². The predicted octanol–water partition coefficient (Wildman–Crippen LogP) is 3.09. The monoisotopic (exact) mass is 304 g/mol. The number of hydrogen-bond donors (Lipinski definition) is 0. The molecule has 1 aliphatic carbocycles. The van der Waals surface area contributed by atoms with E-state index in [2.05, 4.69) is 24.3 Å². The van der Waals surface area contributed by atoms with E-state index in [0.717, 1.165) is 18.4 Å². The van der Waals surface area contributed by atoms with Gasteiger partial charge in [0.15, 0.2) is 0 Å². The summed E-state index contributed by atoms with van der Waals surface area (Å²) in [6, 6.07) is 10.4. The highest BCUT2D eigenvalue weighted by Crippen LogP contribution is 2.38. The zero-order valence-electron chi connectivity index (χ0n) is 13.7. The molecule has 0 unspecified atom stereocenters. The van der Waals surface area contributed by atoms with Crippen molar-refractivity contribution in [1.29, 1.82) is 0 Å². The Morgan fingerprint density at radius 1 is 0.773 bits per heavy atom. The van der Waals surface area contributed by atoms with E-state index < -0.39 is 11.6 Å². The molecule has 0 atom stereocenters. The largest absolute Gasteiger partial charge is 0.345 e. The third-order valence-electron chi connectivity index (χ3n) is 4.14. The van der Waals surface area contributed by atoms with E-state index in [9.17, 15) is 0 Å². The number of ether oxygens (including phenoxy) is 4. The van der Waals surface area contributed by atoms with Crippen molar-refractivity contribution in [3.63, 3.8) is 0 Å². The molecule has 0 spiro atoms. The van der Waals surface area contributed by atoms with E-state index in [0.29, 0.717) is 0 Å². The van der Waals surface area contributed by atoms with Crippen molar-refractivity contribution in [2.75, 3.05) is 28.4 Å². The molecule has 0 heterocycles. The van der Waals surface area contributed by atoms with E-state index in [1.165, 1.54) is 5.56 Å². The summed E-state index contributed by atoms with van der Waals surface area (Å²) < 4.78 is 22.3. The SMILES string of the molecule is COC1(OC)C=CC(CCc2ccccc2)=CC1(OC)OC. The second kappa shape index (κ2) is 7.20. The standard InChI is InChI=1S/C18H24O4/c1-19-17(20-2)13-12-16(14-18(17,21-3)22-4)11-10-15-8-6-5-7-9-15/h5-9,12-14H,10-11H2,1-4H3. The molecular formula is C18H24O4. The summed E-state index contributed by atoms with van der Waals surface area (Å²) in [6.45, 7) is 0. The molecule has 22 heavy (non-hydrogen) atoms. The van der Waals surface area contributed by atoms with Crippen LogP contribution in [0.25, 0.3) is 0 Å². The van der Waals surface area contributed by atoms with Crippen LogP contribution in [0.1, 0.15) is 12.0 Å². The molecule has 0 aliphatic heterocycles. The fourth-order valence-electron chi connectivity index (χ4n) is 2.80. The number of methoxy groups -OCH3 is 4. The fourth-order valence-corrected chi connectivity index (χ4v) is 2.80. The van der Waals surface area contributed by atoms with Crippen molar-refractivity contribution in [2.45, 2.75) is 24.4 Å². The second-order valence-corrected chi connectivity index (χ2v) is 5.19. The minimum atomic E-state index is -1.10. The van der Waals surface area contributed by atoms with Gasteiger partial charge in [0.2, 0.25) is 11.6 Å². The van der Waals surface area contributed by atoms with Crippen molar-refractivity contribution >= 4 is 0 Å². The van der Waals surface area contributed by atoms with Gasteiger partial charge in [-0.2, -0.15) is 0 Å². The van der Waals surface area contributed by atoms with Gasteiger partial charge in [0.05, 0.1) is 0 Å². The topological polar surface area (TPSA) is 36.9 Å². The van der Waals surface area contributed by atoms with Crippen molar-refractivity contribution in [3.8, 4) is 0 Å². The number of benzene rings is 1. The number of hydrogen-bond acceptors (Lipinski definition) is 4. The number of rotatable bonds is 7. The van der Waals surface area contributed by atoms with Crippen LogP contribution in [-0.2, 0) is 25.4 Å². The van der Waals surface area contributed by atoms with Gasteiger partial charge >= 0.3 is 0 Å². The first-order chi connectivity index (χ1) is 10.6. The van der Waals surface area contributed by atoms with E-state index >= 15 is 0 Å². The third kappa shape index (κ3) is 3.01. The van der Waals surface area contributed by atoms with Crippen molar-refractivity contribution in [2.24, 2.45) is 0 Å². The maximum absolute atomic E-state index is 5.61. The van der Waals surface area contributed by atoms with Gasteiger partial charge in [0.25, 0.3) is 0 Å². The van der Waals surface area contributed by atoms with Gasteiger partial charge in [-0.15, -0.1) is 0 Å². The Labute approximate surface area is 132 Å². The highest BCUT2D eigenvalue weighted by molar-refractivity contribution is 5.33. The summed E-state index contributed by atoms with van der Waals surface area (Å²) in [6.07, 6.45) is 7.63. The van der Waals surface area contributed by atoms with Crippen LogP contribution in [0.2, 0.25) is 0 Å². The Morgan fingerprint density at radius 3 is 1.91 bits per heavy atom. The zero-order chi connectivity index (χ0) is 16.1. The lowest BCUT2D eigenvalue weighted by Gasteiger charge is -2.44. The van der Waals surface area contributed by atoms with Gasteiger partial charge in [-0.25, -0.2) is 0 Å². The minimum Gasteiger partial charge on any atom is -0.345 e. The lowest BCUT2D eigenvalue weighted by Crippen LogP contribution is -2.58. The van der Waals surface area contributed by atoms with Crippen LogP contribution in [0.4, 0.5) is 0 Å². The molecule has 0 fully saturated rings. The van der Waals surface area contributed by atoms with Crippen LogP contribution in [-0.4, -0.2) is 40.0 Å². The Kier molecular flexibility index (Phi) is 5.53. The summed E-state index contributed by atoms with van der Waals surface area (Å²) in [7, 11) is 6.31. The molecule has 120 valence electrons. The van der Waals surface area contributed by atoms with Crippen LogP contribution in [0.5, 0.6) is 0 Å². The third-order valence-corrected chi connectivity index (χ3v) is 4.14. The first-order valence-electron chi connectivity index (χ1n) is 7.31. The van der Waals surface area contributed by atoms with Crippen LogP contribution in [0, 0.1) is 0 Å². The fraction of sp³-hybridized carbons (Fsp3) is 0.444. The molecule has 0 saturated heterocycles. The van der Waals surface area contributed by atoms with Crippen molar-refractivity contribution in [3.05, 3.63) is 59.7 Å². The molecule has 0 saturated carbocycles. The van der Waals surface area contributed by atoms with Crippen molar-refractivity contribution in [1.82, 2.24) is 0 Å². The van der Waals surface area contributed by atoms with E-state index in [1.807, 2.05) is 24.3 Å². The van der Waals surface area contributed by atoms with Gasteiger partial charge in [0, 0.05) is 28.4 Å². The van der Waals surface area contributed by atoms with Crippen molar-refractivity contribution < 1.29 is 18.9 Å². The van der Waals surface area contributed by atoms with Crippen LogP contribution < -0.4 is 0 Å². The summed E-state index contributed by atoms with van der Waals surface area (Å²) in [4.78, 5) is 0. The summed E-state index contributed by atoms with van der Waals surface area (Å²) in [5.41, 5.74) is 2.42. The molecule has 0 bridgehead atoms. The molecule has 1 aromatic rings. The van der Waals surface area contributed by atoms with Gasteiger partial charge in [-0.3, -0.25) is 0 Å². The Bertz CT molecular complexity index is 525. The first-order valence-corrected chi connectivity index (χ1v) is 7.31. The minimum absolute atomic E-state index is 0.887. The van der Waals surface area contributed by atoms with E-state index in [4.69, 9.17) is 18.9 Å². The van der Waals surface area contributed by atoms with Gasteiger partial charge in [-0.1, -0.05) is 36.4 Å². The molecule has 1 aromatic carbocycles. The van der Waals surface area contributed by atoms with Crippen LogP contribution >= 0.6 is 0 Å².